The maximum absolute atomic E-state index is 10.7. The van der Waals surface area contributed by atoms with Crippen LogP contribution in [0.1, 0.15) is 0 Å². The van der Waals surface area contributed by atoms with Crippen LogP contribution < -0.4 is 10.5 Å². The second-order valence-electron chi connectivity index (χ2n) is 3.40. The van der Waals surface area contributed by atoms with E-state index >= 15 is 0 Å². The molecule has 0 amide bonds. The minimum Gasteiger partial charge on any atom is -0.438 e. The van der Waals surface area contributed by atoms with Crippen LogP contribution in [0.3, 0.4) is 0 Å². The van der Waals surface area contributed by atoms with E-state index in [1.165, 1.54) is 24.4 Å². The number of aromatic nitrogens is 1. The highest BCUT2D eigenvalue weighted by Crippen LogP contribution is 2.32. The molecule has 1 aromatic carbocycles. The summed E-state index contributed by atoms with van der Waals surface area (Å²) in [6.45, 7) is 0. The summed E-state index contributed by atoms with van der Waals surface area (Å²) in [7, 11) is 0. The third-order valence-electron chi connectivity index (χ3n) is 2.10. The lowest BCUT2D eigenvalue weighted by Crippen LogP contribution is -1.93. The molecule has 2 N–H and O–H groups in total. The van der Waals surface area contributed by atoms with E-state index in [2.05, 4.69) is 20.9 Å². The highest BCUT2D eigenvalue weighted by atomic mass is 79.9. The van der Waals surface area contributed by atoms with Gasteiger partial charge in [0.1, 0.15) is 0 Å². The molecular weight excluding hydrogens is 302 g/mol. The molecule has 0 fully saturated rings. The summed E-state index contributed by atoms with van der Waals surface area (Å²) in [6, 6.07) is 7.39. The first-order chi connectivity index (χ1) is 8.56. The number of benzene rings is 1. The number of nitro benzene ring substituents is 1. The van der Waals surface area contributed by atoms with Crippen molar-refractivity contribution < 1.29 is 9.66 Å². The van der Waals surface area contributed by atoms with Crippen molar-refractivity contribution >= 4 is 27.3 Å². The summed E-state index contributed by atoms with van der Waals surface area (Å²) >= 11 is 3.25. The molecule has 0 spiro atoms. The number of hydrogen-bond donors (Lipinski definition) is 1. The van der Waals surface area contributed by atoms with Gasteiger partial charge >= 0.3 is 0 Å². The number of anilines is 1. The zero-order valence-corrected chi connectivity index (χ0v) is 10.6. The molecule has 0 saturated carbocycles. The number of rotatable bonds is 3. The van der Waals surface area contributed by atoms with Gasteiger partial charge in [0.2, 0.25) is 5.88 Å². The second-order valence-corrected chi connectivity index (χ2v) is 4.26. The van der Waals surface area contributed by atoms with Crippen LogP contribution in [0, 0.1) is 10.1 Å². The van der Waals surface area contributed by atoms with Crippen molar-refractivity contribution in [1.29, 1.82) is 0 Å². The second kappa shape index (κ2) is 5.01. The first-order valence-corrected chi connectivity index (χ1v) is 5.69. The maximum Gasteiger partial charge on any atom is 0.273 e. The molecule has 1 aromatic heterocycles. The van der Waals surface area contributed by atoms with E-state index in [9.17, 15) is 10.1 Å². The van der Waals surface area contributed by atoms with Gasteiger partial charge in [0, 0.05) is 24.0 Å². The Bertz CT molecular complexity index is 604. The fourth-order valence-electron chi connectivity index (χ4n) is 1.28. The lowest BCUT2D eigenvalue weighted by atomic mass is 10.3. The van der Waals surface area contributed by atoms with Crippen LogP contribution in [0.15, 0.2) is 41.0 Å². The number of nitrogen functional groups attached to an aromatic ring is 1. The number of nitro groups is 1. The monoisotopic (exact) mass is 309 g/mol. The fourth-order valence-corrected chi connectivity index (χ4v) is 1.60. The first kappa shape index (κ1) is 12.3. The average molecular weight is 310 g/mol. The topological polar surface area (TPSA) is 91.3 Å². The van der Waals surface area contributed by atoms with Crippen molar-refractivity contribution in [2.75, 3.05) is 5.73 Å². The van der Waals surface area contributed by atoms with Gasteiger partial charge in [-0.15, -0.1) is 0 Å². The average Bonchev–Trinajstić information content (AvgIpc) is 2.31. The Balaban J connectivity index is 2.33. The van der Waals surface area contributed by atoms with E-state index in [4.69, 9.17) is 10.5 Å². The molecule has 0 radical (unpaired) electrons. The highest BCUT2D eigenvalue weighted by Gasteiger charge is 2.11. The van der Waals surface area contributed by atoms with Gasteiger partial charge in [0.05, 0.1) is 15.5 Å². The summed E-state index contributed by atoms with van der Waals surface area (Å²) < 4.78 is 6.03. The SMILES string of the molecule is Nc1ccnc(Oc2cc([N+](=O)[O-])ccc2Br)c1. The normalized spacial score (nSPS) is 10.1. The third kappa shape index (κ3) is 2.75. The molecule has 0 unspecified atom stereocenters. The summed E-state index contributed by atoms with van der Waals surface area (Å²) in [4.78, 5) is 14.1. The molecule has 92 valence electrons. The van der Waals surface area contributed by atoms with Crippen LogP contribution in [0.2, 0.25) is 0 Å². The first-order valence-electron chi connectivity index (χ1n) is 4.89. The summed E-state index contributed by atoms with van der Waals surface area (Å²) in [5.74, 6) is 0.582. The van der Waals surface area contributed by atoms with E-state index in [0.717, 1.165) is 0 Å². The van der Waals surface area contributed by atoms with Gasteiger partial charge in [-0.3, -0.25) is 10.1 Å². The van der Waals surface area contributed by atoms with Gasteiger partial charge in [-0.1, -0.05) is 0 Å². The van der Waals surface area contributed by atoms with Gasteiger partial charge in [-0.05, 0) is 28.1 Å². The molecule has 6 nitrogen and oxygen atoms in total. The fraction of sp³-hybridized carbons (Fsp3) is 0. The van der Waals surface area contributed by atoms with Gasteiger partial charge in [0.15, 0.2) is 5.75 Å². The molecular formula is C11H8BrN3O3. The van der Waals surface area contributed by atoms with Crippen molar-refractivity contribution in [3.63, 3.8) is 0 Å². The molecule has 1 heterocycles. The molecule has 0 saturated heterocycles. The maximum atomic E-state index is 10.7. The Morgan fingerprint density at radius 3 is 2.78 bits per heavy atom. The lowest BCUT2D eigenvalue weighted by molar-refractivity contribution is -0.384. The van der Waals surface area contributed by atoms with Crippen molar-refractivity contribution in [2.24, 2.45) is 0 Å². The lowest BCUT2D eigenvalue weighted by Gasteiger charge is -2.06. The summed E-state index contributed by atoms with van der Waals surface area (Å²) in [5, 5.41) is 10.7. The molecule has 0 aliphatic heterocycles. The van der Waals surface area contributed by atoms with Crippen LogP contribution in [0.4, 0.5) is 11.4 Å². The van der Waals surface area contributed by atoms with Gasteiger partial charge in [-0.25, -0.2) is 4.98 Å². The highest BCUT2D eigenvalue weighted by molar-refractivity contribution is 9.10. The molecule has 18 heavy (non-hydrogen) atoms. The van der Waals surface area contributed by atoms with Gasteiger partial charge in [0.25, 0.3) is 5.69 Å². The molecule has 0 aliphatic rings. The number of nitrogens with zero attached hydrogens (tertiary/aromatic N) is 2. The quantitative estimate of drug-likeness (QED) is 0.694. The van der Waals surface area contributed by atoms with Crippen LogP contribution in [-0.4, -0.2) is 9.91 Å². The molecule has 0 atom stereocenters. The van der Waals surface area contributed by atoms with Crippen LogP contribution in [-0.2, 0) is 0 Å². The Labute approximate surface area is 111 Å². The minimum atomic E-state index is -0.494. The smallest absolute Gasteiger partial charge is 0.273 e. The molecule has 2 aromatic rings. The van der Waals surface area contributed by atoms with E-state index < -0.39 is 4.92 Å². The van der Waals surface area contributed by atoms with Crippen molar-refractivity contribution in [2.45, 2.75) is 0 Å². The van der Waals surface area contributed by atoms with Crippen LogP contribution >= 0.6 is 15.9 Å². The van der Waals surface area contributed by atoms with E-state index in [-0.39, 0.29) is 11.6 Å². The van der Waals surface area contributed by atoms with Crippen molar-refractivity contribution in [3.8, 4) is 11.6 Å². The van der Waals surface area contributed by atoms with Crippen molar-refractivity contribution in [1.82, 2.24) is 4.98 Å². The summed E-state index contributed by atoms with van der Waals surface area (Å²) in [6.07, 6.45) is 1.50. The summed E-state index contributed by atoms with van der Waals surface area (Å²) in [5.41, 5.74) is 6.03. The number of nitrogens with two attached hydrogens (primary N) is 1. The zero-order chi connectivity index (χ0) is 13.1. The van der Waals surface area contributed by atoms with Crippen LogP contribution in [0.25, 0.3) is 0 Å². The number of pyridine rings is 1. The number of halogens is 1. The molecule has 7 heteroatoms. The Kier molecular flexibility index (Phi) is 3.42. The third-order valence-corrected chi connectivity index (χ3v) is 2.75. The largest absolute Gasteiger partial charge is 0.438 e. The minimum absolute atomic E-state index is 0.0582. The zero-order valence-electron chi connectivity index (χ0n) is 9.04. The Morgan fingerprint density at radius 2 is 2.11 bits per heavy atom. The van der Waals surface area contributed by atoms with E-state index in [1.807, 2.05) is 0 Å². The molecule has 0 aliphatic carbocycles. The van der Waals surface area contributed by atoms with E-state index in [0.29, 0.717) is 15.9 Å². The van der Waals surface area contributed by atoms with Gasteiger partial charge in [-0.2, -0.15) is 0 Å². The standard InChI is InChI=1S/C11H8BrN3O3/c12-9-2-1-8(15(16)17)6-10(9)18-11-5-7(13)3-4-14-11/h1-6H,(H2,13,14). The molecule has 2 rings (SSSR count). The number of ether oxygens (including phenoxy) is 1. The van der Waals surface area contributed by atoms with Gasteiger partial charge < -0.3 is 10.5 Å². The number of hydrogen-bond acceptors (Lipinski definition) is 5. The van der Waals surface area contributed by atoms with Crippen LogP contribution in [0.5, 0.6) is 11.6 Å². The predicted octanol–water partition coefficient (Wildman–Crippen LogP) is 3.13. The Morgan fingerprint density at radius 1 is 1.33 bits per heavy atom. The van der Waals surface area contributed by atoms with Crippen molar-refractivity contribution in [3.05, 3.63) is 51.1 Å². The van der Waals surface area contributed by atoms with E-state index in [1.54, 1.807) is 12.1 Å². The predicted molar refractivity (Wildman–Crippen MR) is 69.5 cm³/mol. The Hall–Kier alpha value is -2.15. The molecule has 0 bridgehead atoms. The number of non-ortho nitro benzene ring substituents is 1.